The van der Waals surface area contributed by atoms with Gasteiger partial charge in [0.2, 0.25) is 0 Å². The van der Waals surface area contributed by atoms with Crippen LogP contribution < -0.4 is 0 Å². The van der Waals surface area contributed by atoms with Crippen LogP contribution in [-0.4, -0.2) is 16.1 Å². The molecule has 20 heavy (non-hydrogen) atoms. The molecule has 0 aliphatic rings. The normalized spacial score (nSPS) is 12.9. The number of hydrogen-bond acceptors (Lipinski definition) is 1. The smallest absolute Gasteiger partial charge is 0.431 e. The van der Waals surface area contributed by atoms with Crippen LogP contribution in [0.2, 0.25) is 0 Å². The lowest BCUT2D eigenvalue weighted by molar-refractivity contribution is -0.145. The molecular weight excluding hydrogens is 271 g/mol. The number of carboxylic acid groups (broad SMARTS) is 1. The number of aromatic nitrogens is 1. The highest BCUT2D eigenvalue weighted by Gasteiger charge is 2.44. The Bertz CT molecular complexity index is 684. The van der Waals surface area contributed by atoms with E-state index in [2.05, 4.69) is 4.98 Å². The molecule has 0 saturated heterocycles. The van der Waals surface area contributed by atoms with Crippen molar-refractivity contribution in [2.24, 2.45) is 0 Å². The molecule has 1 heterocycles. The molecule has 2 aromatic rings. The largest absolute Gasteiger partial charge is 0.481 e. The molecule has 0 fully saturated rings. The molecule has 108 valence electrons. The van der Waals surface area contributed by atoms with E-state index >= 15 is 0 Å². The van der Waals surface area contributed by atoms with Crippen LogP contribution >= 0.6 is 0 Å². The topological polar surface area (TPSA) is 53.1 Å². The lowest BCUT2D eigenvalue weighted by Gasteiger charge is -2.21. The van der Waals surface area contributed by atoms with Gasteiger partial charge in [-0.25, -0.2) is 0 Å². The third-order valence-electron chi connectivity index (χ3n) is 3.40. The average molecular weight is 285 g/mol. The van der Waals surface area contributed by atoms with Crippen molar-refractivity contribution in [3.05, 3.63) is 35.0 Å². The van der Waals surface area contributed by atoms with Crippen LogP contribution in [0.3, 0.4) is 0 Å². The van der Waals surface area contributed by atoms with Crippen molar-refractivity contribution in [3.63, 3.8) is 0 Å². The van der Waals surface area contributed by atoms with Gasteiger partial charge >= 0.3 is 12.1 Å². The predicted octanol–water partition coefficient (Wildman–Crippen LogP) is 3.86. The number of benzene rings is 1. The Balaban J connectivity index is 2.89. The average Bonchev–Trinajstić information content (AvgIpc) is 2.67. The van der Waals surface area contributed by atoms with E-state index in [0.717, 1.165) is 5.56 Å². The van der Waals surface area contributed by atoms with Crippen LogP contribution in [0.25, 0.3) is 10.9 Å². The fourth-order valence-corrected chi connectivity index (χ4v) is 2.28. The van der Waals surface area contributed by atoms with E-state index in [1.54, 1.807) is 19.1 Å². The molecule has 1 aromatic heterocycles. The first-order chi connectivity index (χ1) is 9.05. The van der Waals surface area contributed by atoms with E-state index in [0.29, 0.717) is 5.52 Å². The van der Waals surface area contributed by atoms with Crippen LogP contribution in [0.15, 0.2) is 18.2 Å². The SMILES string of the molecule is Cc1ccc2c(C(C)(C)C(=O)O)c(C(F)(F)F)[nH]c2c1. The Kier molecular flexibility index (Phi) is 3.07. The highest BCUT2D eigenvalue weighted by atomic mass is 19.4. The summed E-state index contributed by atoms with van der Waals surface area (Å²) >= 11 is 0. The second-order valence-corrected chi connectivity index (χ2v) is 5.35. The maximum absolute atomic E-state index is 13.2. The summed E-state index contributed by atoms with van der Waals surface area (Å²) in [5.41, 5.74) is -1.77. The number of alkyl halides is 3. The Labute approximate surface area is 113 Å². The fraction of sp³-hybridized carbons (Fsp3) is 0.357. The number of nitrogens with one attached hydrogen (secondary N) is 1. The summed E-state index contributed by atoms with van der Waals surface area (Å²) in [5.74, 6) is -1.30. The first-order valence-electron chi connectivity index (χ1n) is 5.98. The minimum atomic E-state index is -4.63. The van der Waals surface area contributed by atoms with Gasteiger partial charge in [-0.05, 0) is 32.4 Å². The second kappa shape index (κ2) is 4.26. The molecule has 0 unspecified atom stereocenters. The molecule has 0 aliphatic heterocycles. The number of aromatic amines is 1. The molecule has 0 amide bonds. The predicted molar refractivity (Wildman–Crippen MR) is 68.7 cm³/mol. The third kappa shape index (κ3) is 2.15. The number of hydrogen-bond donors (Lipinski definition) is 2. The summed E-state index contributed by atoms with van der Waals surface area (Å²) in [6, 6.07) is 4.76. The zero-order valence-corrected chi connectivity index (χ0v) is 11.2. The molecule has 0 saturated carbocycles. The number of H-pyrrole nitrogens is 1. The summed E-state index contributed by atoms with van der Waals surface area (Å²) in [5, 5.41) is 9.52. The monoisotopic (exact) mass is 285 g/mol. The van der Waals surface area contributed by atoms with Gasteiger partial charge in [0.1, 0.15) is 5.69 Å². The van der Waals surface area contributed by atoms with E-state index in [-0.39, 0.29) is 10.9 Å². The highest BCUT2D eigenvalue weighted by molar-refractivity contribution is 5.93. The van der Waals surface area contributed by atoms with Gasteiger partial charge in [0.25, 0.3) is 0 Å². The fourth-order valence-electron chi connectivity index (χ4n) is 2.28. The standard InChI is InChI=1S/C14H14F3NO2/c1-7-4-5-8-9(6-7)18-11(14(15,16)17)10(8)13(2,3)12(19)20/h4-6,18H,1-3H3,(H,19,20). The van der Waals surface area contributed by atoms with E-state index in [1.807, 2.05) is 0 Å². The summed E-state index contributed by atoms with van der Waals surface area (Å²) in [6.45, 7) is 4.30. The number of carbonyl (C=O) groups is 1. The minimum absolute atomic E-state index is 0.229. The molecule has 6 heteroatoms. The number of aryl methyl sites for hydroxylation is 1. The van der Waals surface area contributed by atoms with Gasteiger partial charge in [0, 0.05) is 16.5 Å². The Hall–Kier alpha value is -1.98. The van der Waals surface area contributed by atoms with Gasteiger partial charge in [0.05, 0.1) is 5.41 Å². The van der Waals surface area contributed by atoms with Crippen LogP contribution in [0.4, 0.5) is 13.2 Å². The van der Waals surface area contributed by atoms with Gasteiger partial charge in [-0.3, -0.25) is 4.79 Å². The Morgan fingerprint density at radius 1 is 1.25 bits per heavy atom. The van der Waals surface area contributed by atoms with Crippen LogP contribution in [0, 0.1) is 6.92 Å². The molecule has 0 atom stereocenters. The van der Waals surface area contributed by atoms with E-state index in [1.165, 1.54) is 19.9 Å². The number of rotatable bonds is 2. The minimum Gasteiger partial charge on any atom is -0.481 e. The summed E-state index contributed by atoms with van der Waals surface area (Å²) in [7, 11) is 0. The lowest BCUT2D eigenvalue weighted by atomic mass is 9.82. The van der Waals surface area contributed by atoms with Crippen molar-refractivity contribution in [2.75, 3.05) is 0 Å². The number of aliphatic carboxylic acids is 1. The summed E-state index contributed by atoms with van der Waals surface area (Å²) in [4.78, 5) is 13.6. The molecule has 3 nitrogen and oxygen atoms in total. The number of halogens is 3. The van der Waals surface area contributed by atoms with Crippen molar-refractivity contribution in [1.82, 2.24) is 4.98 Å². The van der Waals surface area contributed by atoms with E-state index in [4.69, 9.17) is 0 Å². The molecular formula is C14H14F3NO2. The van der Waals surface area contributed by atoms with Gasteiger partial charge in [-0.15, -0.1) is 0 Å². The summed E-state index contributed by atoms with van der Waals surface area (Å²) < 4.78 is 39.5. The van der Waals surface area contributed by atoms with E-state index in [9.17, 15) is 23.1 Å². The van der Waals surface area contributed by atoms with Gasteiger partial charge in [0.15, 0.2) is 0 Å². The molecule has 2 rings (SSSR count). The Morgan fingerprint density at radius 2 is 1.85 bits per heavy atom. The molecule has 1 aromatic carbocycles. The van der Waals surface area contributed by atoms with Crippen LogP contribution in [-0.2, 0) is 16.4 Å². The zero-order chi connectivity index (χ0) is 15.3. The van der Waals surface area contributed by atoms with E-state index < -0.39 is 23.3 Å². The molecule has 2 N–H and O–H groups in total. The van der Waals surface area contributed by atoms with Crippen molar-refractivity contribution in [3.8, 4) is 0 Å². The van der Waals surface area contributed by atoms with Crippen molar-refractivity contribution in [1.29, 1.82) is 0 Å². The lowest BCUT2D eigenvalue weighted by Crippen LogP contribution is -2.31. The zero-order valence-electron chi connectivity index (χ0n) is 11.2. The van der Waals surface area contributed by atoms with Crippen molar-refractivity contribution < 1.29 is 23.1 Å². The molecule has 0 aliphatic carbocycles. The number of fused-ring (bicyclic) bond motifs is 1. The molecule has 0 radical (unpaired) electrons. The first-order valence-corrected chi connectivity index (χ1v) is 5.98. The maximum atomic E-state index is 13.2. The van der Waals surface area contributed by atoms with Crippen molar-refractivity contribution >= 4 is 16.9 Å². The van der Waals surface area contributed by atoms with Gasteiger partial charge in [-0.2, -0.15) is 13.2 Å². The van der Waals surface area contributed by atoms with Gasteiger partial charge < -0.3 is 10.1 Å². The first kappa shape index (κ1) is 14.4. The maximum Gasteiger partial charge on any atom is 0.431 e. The van der Waals surface area contributed by atoms with Crippen molar-refractivity contribution in [2.45, 2.75) is 32.4 Å². The Morgan fingerprint density at radius 3 is 2.35 bits per heavy atom. The highest BCUT2D eigenvalue weighted by Crippen LogP contribution is 2.41. The molecule has 0 bridgehead atoms. The summed E-state index contributed by atoms with van der Waals surface area (Å²) in [6.07, 6.45) is -4.63. The second-order valence-electron chi connectivity index (χ2n) is 5.35. The number of carboxylic acids is 1. The molecule has 0 spiro atoms. The van der Waals surface area contributed by atoms with Crippen LogP contribution in [0.5, 0.6) is 0 Å². The van der Waals surface area contributed by atoms with Crippen LogP contribution in [0.1, 0.15) is 30.7 Å². The third-order valence-corrected chi connectivity index (χ3v) is 3.40. The quantitative estimate of drug-likeness (QED) is 0.880. The van der Waals surface area contributed by atoms with Gasteiger partial charge in [-0.1, -0.05) is 12.1 Å².